The molecule has 1 unspecified atom stereocenters. The average molecular weight is 638 g/mol. The molecule has 0 saturated carbocycles. The van der Waals surface area contributed by atoms with Gasteiger partial charge in [-0.3, -0.25) is 14.5 Å². The van der Waals surface area contributed by atoms with Crippen LogP contribution in [0.1, 0.15) is 66.6 Å². The fourth-order valence-electron chi connectivity index (χ4n) is 7.27. The van der Waals surface area contributed by atoms with Crippen LogP contribution in [-0.4, -0.2) is 24.1 Å². The van der Waals surface area contributed by atoms with Gasteiger partial charge in [-0.15, -0.1) is 0 Å². The maximum atomic E-state index is 15.7. The monoisotopic (exact) mass is 637 g/mol. The van der Waals surface area contributed by atoms with E-state index in [0.29, 0.717) is 17.7 Å². The third-order valence-electron chi connectivity index (χ3n) is 9.27. The molecule has 2 aliphatic heterocycles. The number of ether oxygens (including phenoxy) is 3. The highest BCUT2D eigenvalue weighted by Crippen LogP contribution is 2.55. The molecule has 0 saturated heterocycles. The lowest BCUT2D eigenvalue weighted by atomic mass is 9.71. The van der Waals surface area contributed by atoms with Crippen LogP contribution in [0.25, 0.3) is 0 Å². The second kappa shape index (κ2) is 12.7. The molecule has 0 aliphatic carbocycles. The van der Waals surface area contributed by atoms with Crippen molar-refractivity contribution in [2.24, 2.45) is 0 Å². The quantitative estimate of drug-likeness (QED) is 0.144. The van der Waals surface area contributed by atoms with Crippen LogP contribution in [0.3, 0.4) is 0 Å². The van der Waals surface area contributed by atoms with Crippen LogP contribution in [0.4, 0.5) is 5.69 Å². The van der Waals surface area contributed by atoms with Crippen molar-refractivity contribution in [3.63, 3.8) is 0 Å². The Balaban J connectivity index is 1.47. The summed E-state index contributed by atoms with van der Waals surface area (Å²) in [7, 11) is 0. The van der Waals surface area contributed by atoms with Gasteiger partial charge in [0.05, 0.1) is 19.1 Å². The van der Waals surface area contributed by atoms with Gasteiger partial charge < -0.3 is 14.2 Å². The van der Waals surface area contributed by atoms with E-state index in [1.807, 2.05) is 146 Å². The fraction of sp³-hybridized carbons (Fsp3) is 0.238. The molecule has 5 aromatic carbocycles. The van der Waals surface area contributed by atoms with Crippen molar-refractivity contribution in [1.29, 1.82) is 0 Å². The molecule has 0 radical (unpaired) electrons. The van der Waals surface area contributed by atoms with Crippen molar-refractivity contribution in [3.8, 4) is 11.5 Å². The zero-order chi connectivity index (χ0) is 33.3. The zero-order valence-electron chi connectivity index (χ0n) is 27.5. The molecule has 1 amide bonds. The van der Waals surface area contributed by atoms with E-state index in [4.69, 9.17) is 14.2 Å². The Morgan fingerprint density at radius 2 is 1.42 bits per heavy atom. The number of benzene rings is 5. The molecule has 1 atom stereocenters. The number of nitrogens with zero attached hydrogens (tertiary/aromatic N) is 1. The predicted octanol–water partition coefficient (Wildman–Crippen LogP) is 8.35. The molecule has 0 bridgehead atoms. The summed E-state index contributed by atoms with van der Waals surface area (Å²) in [5.41, 5.74) is 4.13. The van der Waals surface area contributed by atoms with E-state index in [-0.39, 0.29) is 25.5 Å². The van der Waals surface area contributed by atoms with Gasteiger partial charge in [-0.1, -0.05) is 109 Å². The Morgan fingerprint density at radius 1 is 0.812 bits per heavy atom. The van der Waals surface area contributed by atoms with Gasteiger partial charge in [-0.05, 0) is 60.7 Å². The number of anilines is 1. The van der Waals surface area contributed by atoms with Crippen LogP contribution in [-0.2, 0) is 32.8 Å². The number of amides is 1. The SMILES string of the molecule is CCOC(=O)CC1(c2cc3c(cc2OCc2ccccc2)OC(C)(C)C3)C(=O)N(C(c2ccccc2)c2ccccc2)c2ccccc21. The first-order valence-electron chi connectivity index (χ1n) is 16.5. The van der Waals surface area contributed by atoms with Crippen molar-refractivity contribution in [2.75, 3.05) is 11.5 Å². The van der Waals surface area contributed by atoms with E-state index in [2.05, 4.69) is 0 Å². The molecule has 5 aromatic rings. The van der Waals surface area contributed by atoms with Crippen LogP contribution in [0.5, 0.6) is 11.5 Å². The van der Waals surface area contributed by atoms with Crippen molar-refractivity contribution in [3.05, 3.63) is 161 Å². The first-order chi connectivity index (χ1) is 23.3. The van der Waals surface area contributed by atoms with Crippen LogP contribution >= 0.6 is 0 Å². The molecule has 2 aliphatic rings. The third kappa shape index (κ3) is 5.62. The Bertz CT molecular complexity index is 1900. The van der Waals surface area contributed by atoms with Crippen molar-refractivity contribution in [1.82, 2.24) is 0 Å². The average Bonchev–Trinajstić information content (AvgIpc) is 3.54. The van der Waals surface area contributed by atoms with Crippen LogP contribution in [0.15, 0.2) is 127 Å². The van der Waals surface area contributed by atoms with E-state index in [9.17, 15) is 4.79 Å². The molecule has 0 spiro atoms. The van der Waals surface area contributed by atoms with Gasteiger partial charge >= 0.3 is 5.97 Å². The molecule has 6 nitrogen and oxygen atoms in total. The number of esters is 1. The molecule has 0 fully saturated rings. The lowest BCUT2D eigenvalue weighted by molar-refractivity contribution is -0.146. The Kier molecular flexibility index (Phi) is 8.26. The number of para-hydroxylation sites is 1. The highest BCUT2D eigenvalue weighted by atomic mass is 16.5. The minimum atomic E-state index is -1.43. The second-order valence-electron chi connectivity index (χ2n) is 13.1. The Morgan fingerprint density at radius 3 is 2.06 bits per heavy atom. The van der Waals surface area contributed by atoms with Gasteiger partial charge in [0.2, 0.25) is 5.91 Å². The van der Waals surface area contributed by atoms with Gasteiger partial charge in [0.25, 0.3) is 0 Å². The predicted molar refractivity (Wildman–Crippen MR) is 186 cm³/mol. The summed E-state index contributed by atoms with van der Waals surface area (Å²) in [6, 6.07) is 41.3. The van der Waals surface area contributed by atoms with Crippen molar-refractivity contribution in [2.45, 2.75) is 57.3 Å². The molecule has 242 valence electrons. The molecule has 0 N–H and O–H groups in total. The zero-order valence-corrected chi connectivity index (χ0v) is 27.5. The van der Waals surface area contributed by atoms with Gasteiger partial charge in [0.15, 0.2) is 0 Å². The summed E-state index contributed by atoms with van der Waals surface area (Å²) in [5, 5.41) is 0. The lowest BCUT2D eigenvalue weighted by Crippen LogP contribution is -2.45. The first kappa shape index (κ1) is 31.3. The maximum Gasteiger partial charge on any atom is 0.307 e. The number of hydrogen-bond donors (Lipinski definition) is 0. The Labute approximate surface area is 281 Å². The second-order valence-corrected chi connectivity index (χ2v) is 13.1. The van der Waals surface area contributed by atoms with Gasteiger partial charge in [0.1, 0.15) is 29.1 Å². The van der Waals surface area contributed by atoms with Gasteiger partial charge in [0, 0.05) is 23.7 Å². The smallest absolute Gasteiger partial charge is 0.307 e. The van der Waals surface area contributed by atoms with E-state index in [1.165, 1.54) is 0 Å². The van der Waals surface area contributed by atoms with E-state index >= 15 is 4.79 Å². The molecule has 6 heteroatoms. The topological polar surface area (TPSA) is 65.1 Å². The number of fused-ring (bicyclic) bond motifs is 2. The summed E-state index contributed by atoms with van der Waals surface area (Å²) >= 11 is 0. The molecular formula is C42H39NO5. The number of rotatable bonds is 10. The van der Waals surface area contributed by atoms with E-state index in [0.717, 1.165) is 39.3 Å². The van der Waals surface area contributed by atoms with Gasteiger partial charge in [-0.25, -0.2) is 0 Å². The summed E-state index contributed by atoms with van der Waals surface area (Å²) in [6.07, 6.45) is 0.466. The van der Waals surface area contributed by atoms with Crippen LogP contribution < -0.4 is 14.4 Å². The number of carbonyl (C=O) groups excluding carboxylic acids is 2. The molecule has 7 rings (SSSR count). The number of hydrogen-bond acceptors (Lipinski definition) is 5. The molecule has 2 heterocycles. The normalized spacial score (nSPS) is 17.5. The lowest BCUT2D eigenvalue weighted by Gasteiger charge is -2.34. The Hall–Kier alpha value is -5.36. The largest absolute Gasteiger partial charge is 0.488 e. The van der Waals surface area contributed by atoms with Crippen LogP contribution in [0.2, 0.25) is 0 Å². The highest BCUT2D eigenvalue weighted by molar-refractivity contribution is 6.13. The highest BCUT2D eigenvalue weighted by Gasteiger charge is 2.57. The van der Waals surface area contributed by atoms with Crippen LogP contribution in [0, 0.1) is 0 Å². The fourth-order valence-corrected chi connectivity index (χ4v) is 7.27. The minimum absolute atomic E-state index is 0.186. The van der Waals surface area contributed by atoms with Crippen molar-refractivity contribution >= 4 is 17.6 Å². The summed E-state index contributed by atoms with van der Waals surface area (Å²) < 4.78 is 18.6. The molecule has 0 aromatic heterocycles. The summed E-state index contributed by atoms with van der Waals surface area (Å²) in [6.45, 7) is 6.36. The van der Waals surface area contributed by atoms with Crippen molar-refractivity contribution < 1.29 is 23.8 Å². The summed E-state index contributed by atoms with van der Waals surface area (Å²) in [4.78, 5) is 31.3. The molecule has 48 heavy (non-hydrogen) atoms. The number of carbonyl (C=O) groups is 2. The van der Waals surface area contributed by atoms with Gasteiger partial charge in [-0.2, -0.15) is 0 Å². The maximum absolute atomic E-state index is 15.7. The third-order valence-corrected chi connectivity index (χ3v) is 9.27. The molecular weight excluding hydrogens is 598 g/mol. The standard InChI is InChI=1S/C42H39NO5/c1-4-46-38(44)27-42(34-24-32-26-41(2,3)48-36(32)25-37(34)47-28-29-16-8-5-9-17-29)33-22-14-15-23-35(33)43(40(42)45)39(30-18-10-6-11-19-30)31-20-12-7-13-21-31/h5-25,39H,4,26-28H2,1-3H3. The van der Waals surface area contributed by atoms with E-state index < -0.39 is 23.0 Å². The minimum Gasteiger partial charge on any atom is -0.488 e. The van der Waals surface area contributed by atoms with E-state index in [1.54, 1.807) is 6.92 Å². The summed E-state index contributed by atoms with van der Waals surface area (Å²) in [5.74, 6) is 0.558. The first-order valence-corrected chi connectivity index (χ1v) is 16.5.